The Morgan fingerprint density at radius 2 is 1.66 bits per heavy atom. The van der Waals surface area contributed by atoms with Gasteiger partial charge in [-0.15, -0.1) is 0 Å². The number of hydrazone groups is 1. The van der Waals surface area contributed by atoms with Gasteiger partial charge in [-0.25, -0.2) is 9.80 Å². The van der Waals surface area contributed by atoms with Gasteiger partial charge in [0, 0.05) is 11.3 Å². The number of nitrogens with one attached hydrogen (secondary N) is 1. The van der Waals surface area contributed by atoms with Crippen molar-refractivity contribution < 1.29 is 18.0 Å². The van der Waals surface area contributed by atoms with E-state index < -0.39 is 28.2 Å². The average Bonchev–Trinajstić information content (AvgIpc) is 3.13. The van der Waals surface area contributed by atoms with Crippen molar-refractivity contribution in [3.8, 4) is 0 Å². The topological polar surface area (TPSA) is 44.7 Å². The van der Waals surface area contributed by atoms with Gasteiger partial charge in [-0.1, -0.05) is 66.2 Å². The molecule has 32 heavy (non-hydrogen) atoms. The Labute approximate surface area is 188 Å². The smallest absolute Gasteiger partial charge is 0.306 e. The number of benzene rings is 3. The predicted molar refractivity (Wildman–Crippen MR) is 119 cm³/mol. The van der Waals surface area contributed by atoms with Crippen LogP contribution in [0.4, 0.5) is 23.7 Å². The van der Waals surface area contributed by atoms with Crippen LogP contribution in [0.25, 0.3) is 0 Å². The number of para-hydroxylation sites is 1. The number of hydrogen-bond acceptors (Lipinski definition) is 2. The molecule has 1 aliphatic heterocycles. The van der Waals surface area contributed by atoms with Crippen LogP contribution < -0.4 is 5.32 Å². The maximum Gasteiger partial charge on any atom is 0.417 e. The van der Waals surface area contributed by atoms with Gasteiger partial charge in [0.15, 0.2) is 0 Å². The van der Waals surface area contributed by atoms with Gasteiger partial charge in [0.25, 0.3) is 0 Å². The lowest BCUT2D eigenvalue weighted by Gasteiger charge is -2.27. The van der Waals surface area contributed by atoms with Crippen LogP contribution in [0.2, 0.25) is 5.02 Å². The Kier molecular flexibility index (Phi) is 5.69. The van der Waals surface area contributed by atoms with Crippen molar-refractivity contribution in [3.05, 3.63) is 101 Å². The molecule has 0 aromatic heterocycles. The van der Waals surface area contributed by atoms with Crippen LogP contribution >= 0.6 is 11.6 Å². The van der Waals surface area contributed by atoms with E-state index in [2.05, 4.69) is 10.4 Å². The number of alkyl halides is 3. The lowest BCUT2D eigenvalue weighted by Crippen LogP contribution is -2.38. The first-order valence-electron chi connectivity index (χ1n) is 9.84. The SMILES string of the molecule is CC1(c2ccccc2)CN(C(=O)Nc2ccccc2)N=C1c1ccc(C(F)(F)F)c(Cl)c1. The number of carbonyl (C=O) groups is 1. The molecule has 4 rings (SSSR count). The van der Waals surface area contributed by atoms with Gasteiger partial charge in [-0.2, -0.15) is 18.3 Å². The second-order valence-corrected chi connectivity index (χ2v) is 8.10. The summed E-state index contributed by atoms with van der Waals surface area (Å²) < 4.78 is 39.5. The Balaban J connectivity index is 1.74. The fourth-order valence-corrected chi connectivity index (χ4v) is 4.06. The molecule has 0 bridgehead atoms. The first-order chi connectivity index (χ1) is 15.2. The summed E-state index contributed by atoms with van der Waals surface area (Å²) in [5.74, 6) is 0. The molecule has 0 saturated carbocycles. The number of halogens is 4. The Hall–Kier alpha value is -3.32. The second-order valence-electron chi connectivity index (χ2n) is 7.69. The molecule has 4 nitrogen and oxygen atoms in total. The molecule has 1 heterocycles. The summed E-state index contributed by atoms with van der Waals surface area (Å²) in [6.07, 6.45) is -4.56. The van der Waals surface area contributed by atoms with Gasteiger partial charge >= 0.3 is 12.2 Å². The van der Waals surface area contributed by atoms with Gasteiger partial charge in [0.1, 0.15) is 0 Å². The zero-order valence-electron chi connectivity index (χ0n) is 17.0. The van der Waals surface area contributed by atoms with Crippen molar-refractivity contribution in [1.82, 2.24) is 5.01 Å². The number of carbonyl (C=O) groups excluding carboxylic acids is 1. The highest BCUT2D eigenvalue weighted by molar-refractivity contribution is 6.32. The summed E-state index contributed by atoms with van der Waals surface area (Å²) >= 11 is 5.97. The Morgan fingerprint density at radius 1 is 1.03 bits per heavy atom. The van der Waals surface area contributed by atoms with E-state index >= 15 is 0 Å². The van der Waals surface area contributed by atoms with Crippen molar-refractivity contribution in [2.75, 3.05) is 11.9 Å². The molecule has 1 unspecified atom stereocenters. The summed E-state index contributed by atoms with van der Waals surface area (Å²) in [6.45, 7) is 2.12. The van der Waals surface area contributed by atoms with E-state index in [0.29, 0.717) is 17.0 Å². The highest BCUT2D eigenvalue weighted by Crippen LogP contribution is 2.39. The fraction of sp³-hybridized carbons (Fsp3) is 0.167. The molecule has 1 atom stereocenters. The quantitative estimate of drug-likeness (QED) is 0.475. The third-order valence-corrected chi connectivity index (χ3v) is 5.74. The van der Waals surface area contributed by atoms with Crippen molar-refractivity contribution in [1.29, 1.82) is 0 Å². The van der Waals surface area contributed by atoms with Crippen LogP contribution in [0.1, 0.15) is 23.6 Å². The van der Waals surface area contributed by atoms with E-state index in [-0.39, 0.29) is 6.54 Å². The first-order valence-corrected chi connectivity index (χ1v) is 10.2. The number of anilines is 1. The normalized spacial score (nSPS) is 18.4. The van der Waals surface area contributed by atoms with Gasteiger partial charge < -0.3 is 5.32 Å². The van der Waals surface area contributed by atoms with Crippen LogP contribution in [0.15, 0.2) is 84.0 Å². The molecule has 3 aromatic rings. The van der Waals surface area contributed by atoms with Crippen molar-refractivity contribution in [2.24, 2.45) is 5.10 Å². The van der Waals surface area contributed by atoms with Crippen LogP contribution in [0.5, 0.6) is 0 Å². The summed E-state index contributed by atoms with van der Waals surface area (Å²) in [6, 6.07) is 21.4. The number of amides is 2. The Bertz CT molecular complexity index is 1170. The molecular formula is C24H19ClF3N3O. The summed E-state index contributed by atoms with van der Waals surface area (Å²) in [5.41, 5.74) is 0.705. The maximum atomic E-state index is 13.2. The first kappa shape index (κ1) is 21.9. The Morgan fingerprint density at radius 3 is 2.25 bits per heavy atom. The minimum absolute atomic E-state index is 0.212. The third-order valence-electron chi connectivity index (χ3n) is 5.43. The molecule has 0 aliphatic carbocycles. The standard InChI is InChI=1S/C24H19ClF3N3O/c1-23(17-8-4-2-5-9-17)15-31(22(32)29-18-10-6-3-7-11-18)30-21(23)16-12-13-19(20(25)14-16)24(26,27)28/h2-14H,15H2,1H3,(H,29,32). The van der Waals surface area contributed by atoms with Crippen LogP contribution in [0.3, 0.4) is 0 Å². The fourth-order valence-electron chi connectivity index (χ4n) is 3.77. The molecule has 0 radical (unpaired) electrons. The van der Waals surface area contributed by atoms with E-state index in [4.69, 9.17) is 11.6 Å². The molecule has 0 fully saturated rings. The van der Waals surface area contributed by atoms with Crippen molar-refractivity contribution in [3.63, 3.8) is 0 Å². The van der Waals surface area contributed by atoms with Crippen LogP contribution in [-0.4, -0.2) is 23.3 Å². The number of rotatable bonds is 3. The molecule has 3 aromatic carbocycles. The van der Waals surface area contributed by atoms with Crippen molar-refractivity contribution in [2.45, 2.75) is 18.5 Å². The largest absolute Gasteiger partial charge is 0.417 e. The minimum atomic E-state index is -4.56. The molecule has 0 spiro atoms. The monoisotopic (exact) mass is 457 g/mol. The minimum Gasteiger partial charge on any atom is -0.306 e. The maximum absolute atomic E-state index is 13.2. The molecular weight excluding hydrogens is 439 g/mol. The highest BCUT2D eigenvalue weighted by atomic mass is 35.5. The summed E-state index contributed by atoms with van der Waals surface area (Å²) in [7, 11) is 0. The summed E-state index contributed by atoms with van der Waals surface area (Å²) in [4.78, 5) is 12.9. The van der Waals surface area contributed by atoms with Gasteiger partial charge in [0.05, 0.1) is 28.3 Å². The van der Waals surface area contributed by atoms with E-state index in [1.54, 1.807) is 24.3 Å². The molecule has 1 N–H and O–H groups in total. The molecule has 2 amide bonds. The average molecular weight is 458 g/mol. The number of nitrogens with zero attached hydrogens (tertiary/aromatic N) is 2. The second kappa shape index (κ2) is 8.31. The number of urea groups is 1. The molecule has 164 valence electrons. The van der Waals surface area contributed by atoms with Gasteiger partial charge in [-0.05, 0) is 36.8 Å². The third kappa shape index (κ3) is 4.21. The summed E-state index contributed by atoms with van der Waals surface area (Å²) in [5, 5.41) is 8.18. The van der Waals surface area contributed by atoms with E-state index in [1.165, 1.54) is 17.1 Å². The van der Waals surface area contributed by atoms with Gasteiger partial charge in [-0.3, -0.25) is 0 Å². The molecule has 1 aliphatic rings. The zero-order chi connectivity index (χ0) is 22.9. The van der Waals surface area contributed by atoms with E-state index in [9.17, 15) is 18.0 Å². The van der Waals surface area contributed by atoms with Crippen LogP contribution in [-0.2, 0) is 11.6 Å². The lowest BCUT2D eigenvalue weighted by atomic mass is 9.76. The molecule has 0 saturated heterocycles. The van der Waals surface area contributed by atoms with Crippen molar-refractivity contribution >= 4 is 29.0 Å². The predicted octanol–water partition coefficient (Wildman–Crippen LogP) is 6.57. The zero-order valence-corrected chi connectivity index (χ0v) is 17.8. The van der Waals surface area contributed by atoms with E-state index in [1.807, 2.05) is 43.3 Å². The van der Waals surface area contributed by atoms with E-state index in [0.717, 1.165) is 11.6 Å². The lowest BCUT2D eigenvalue weighted by molar-refractivity contribution is -0.137. The molecule has 8 heteroatoms. The highest BCUT2D eigenvalue weighted by Gasteiger charge is 2.43. The number of hydrogen-bond donors (Lipinski definition) is 1. The van der Waals surface area contributed by atoms with Gasteiger partial charge in [0.2, 0.25) is 0 Å². The van der Waals surface area contributed by atoms with Crippen LogP contribution in [0, 0.1) is 0 Å².